The van der Waals surface area contributed by atoms with Gasteiger partial charge in [-0.2, -0.15) is 13.2 Å². The first-order valence-electron chi connectivity index (χ1n) is 19.7. The van der Waals surface area contributed by atoms with Gasteiger partial charge in [0.15, 0.2) is 6.04 Å². The smallest absolute Gasteiger partial charge is 0.409 e. The van der Waals surface area contributed by atoms with Gasteiger partial charge in [-0.05, 0) is 98.2 Å². The zero-order chi connectivity index (χ0) is 39.3. The number of nitrogens with one attached hydrogen (secondary N) is 2. The molecule has 3 unspecified atom stereocenters. The van der Waals surface area contributed by atoms with E-state index in [4.69, 9.17) is 9.72 Å². The van der Waals surface area contributed by atoms with Crippen LogP contribution in [0.3, 0.4) is 0 Å². The molecule has 0 spiro atoms. The number of methoxy groups -OCH3 is 1. The largest absolute Gasteiger partial charge is 0.497 e. The predicted molar refractivity (Wildman–Crippen MR) is 207 cm³/mol. The number of alkyl halides is 3. The summed E-state index contributed by atoms with van der Waals surface area (Å²) in [6.07, 6.45) is 0.891. The number of ether oxygens (including phenoxy) is 1. The summed E-state index contributed by atoms with van der Waals surface area (Å²) in [6, 6.07) is 12.4. The van der Waals surface area contributed by atoms with Crippen molar-refractivity contribution in [2.75, 3.05) is 44.7 Å². The van der Waals surface area contributed by atoms with E-state index in [0.29, 0.717) is 71.0 Å². The lowest BCUT2D eigenvalue weighted by molar-refractivity contribution is -0.957. The molecule has 296 valence electrons. The van der Waals surface area contributed by atoms with Gasteiger partial charge in [-0.15, -0.1) is 0 Å². The monoisotopic (exact) mass is 764 g/mol. The van der Waals surface area contributed by atoms with Crippen LogP contribution in [0.1, 0.15) is 53.0 Å². The maximum atomic E-state index is 15.0. The van der Waals surface area contributed by atoms with Crippen molar-refractivity contribution >= 4 is 16.6 Å². The van der Waals surface area contributed by atoms with E-state index in [1.165, 1.54) is 19.6 Å². The molecule has 13 heteroatoms. The van der Waals surface area contributed by atoms with Gasteiger partial charge in [0.05, 0.1) is 31.1 Å². The molecule has 7 atom stereocenters. The topological polar surface area (TPSA) is 84.3 Å². The van der Waals surface area contributed by atoms with Crippen molar-refractivity contribution in [2.24, 2.45) is 23.2 Å². The third kappa shape index (κ3) is 7.23. The van der Waals surface area contributed by atoms with Gasteiger partial charge in [0, 0.05) is 55.4 Å². The summed E-state index contributed by atoms with van der Waals surface area (Å²) in [6.45, 7) is 12.9. The molecule has 2 aromatic carbocycles. The van der Waals surface area contributed by atoms with Crippen LogP contribution in [0.5, 0.6) is 5.75 Å². The highest BCUT2D eigenvalue weighted by atomic mass is 19.4. The van der Waals surface area contributed by atoms with Crippen LogP contribution in [0.4, 0.5) is 23.2 Å². The van der Waals surface area contributed by atoms with E-state index in [-0.39, 0.29) is 47.6 Å². The number of aryl methyl sites for hydroxylation is 1. The van der Waals surface area contributed by atoms with Gasteiger partial charge >= 0.3 is 6.18 Å². The number of hydrogen-bond donors (Lipinski definition) is 2. The minimum Gasteiger partial charge on any atom is -0.497 e. The number of halogens is 4. The van der Waals surface area contributed by atoms with Gasteiger partial charge in [0.2, 0.25) is 6.29 Å². The van der Waals surface area contributed by atoms with E-state index >= 15 is 0 Å². The molecule has 4 aromatic rings. The fourth-order valence-corrected chi connectivity index (χ4v) is 9.89. The van der Waals surface area contributed by atoms with Gasteiger partial charge in [-0.1, -0.05) is 26.8 Å². The molecule has 4 fully saturated rings. The van der Waals surface area contributed by atoms with Crippen LogP contribution in [0.25, 0.3) is 22.3 Å². The third-order valence-corrected chi connectivity index (χ3v) is 13.4. The number of anilines is 1. The summed E-state index contributed by atoms with van der Waals surface area (Å²) in [7, 11) is 1.48. The van der Waals surface area contributed by atoms with Gasteiger partial charge in [0.1, 0.15) is 23.9 Å². The van der Waals surface area contributed by atoms with Crippen molar-refractivity contribution in [3.05, 3.63) is 82.7 Å². The second-order valence-electron chi connectivity index (χ2n) is 16.4. The molecule has 1 aliphatic heterocycles. The number of likely N-dealkylation sites (N-methyl/N-ethyl adjacent to an activating group) is 1. The Kier molecular flexibility index (Phi) is 10.8. The highest BCUT2D eigenvalue weighted by Crippen LogP contribution is 2.61. The minimum atomic E-state index is -4.38. The Morgan fingerprint density at radius 1 is 1.15 bits per heavy atom. The van der Waals surface area contributed by atoms with Crippen LogP contribution in [0.2, 0.25) is 0 Å². The van der Waals surface area contributed by atoms with Crippen molar-refractivity contribution in [2.45, 2.75) is 85.0 Å². The molecule has 3 saturated carbocycles. The fraction of sp³-hybridized carbons (Fsp3) is 0.548. The normalized spacial score (nSPS) is 26.7. The Morgan fingerprint density at radius 2 is 1.95 bits per heavy atom. The Labute approximate surface area is 320 Å². The molecule has 55 heavy (non-hydrogen) atoms. The third-order valence-electron chi connectivity index (χ3n) is 13.4. The number of benzene rings is 2. The van der Waals surface area contributed by atoms with Gasteiger partial charge in [-0.25, -0.2) is 14.7 Å². The molecule has 2 aromatic heterocycles. The molecular weight excluding hydrogens is 711 g/mol. The Morgan fingerprint density at radius 3 is 2.58 bits per heavy atom. The molecule has 1 saturated heterocycles. The number of rotatable bonds is 12. The first-order valence-corrected chi connectivity index (χ1v) is 19.7. The zero-order valence-electron chi connectivity index (χ0n) is 32.7. The molecule has 3 heterocycles. The van der Waals surface area contributed by atoms with Crippen molar-refractivity contribution in [3.63, 3.8) is 0 Å². The number of pyridine rings is 1. The zero-order valence-corrected chi connectivity index (χ0v) is 32.7. The summed E-state index contributed by atoms with van der Waals surface area (Å²) >= 11 is 0. The van der Waals surface area contributed by atoms with Crippen molar-refractivity contribution in [1.29, 1.82) is 0 Å². The summed E-state index contributed by atoms with van der Waals surface area (Å²) in [5.41, 5.74) is 2.31. The van der Waals surface area contributed by atoms with Gasteiger partial charge < -0.3 is 9.64 Å². The first kappa shape index (κ1) is 39.2. The average Bonchev–Trinajstić information content (AvgIpc) is 3.18. The number of piperazine rings is 1. The summed E-state index contributed by atoms with van der Waals surface area (Å²) < 4.78 is 65.1. The summed E-state index contributed by atoms with van der Waals surface area (Å²) in [5, 5.41) is 7.16. The van der Waals surface area contributed by atoms with E-state index in [9.17, 15) is 22.4 Å². The fourth-order valence-electron chi connectivity index (χ4n) is 9.89. The molecule has 3 aliphatic carbocycles. The van der Waals surface area contributed by atoms with Crippen LogP contribution >= 0.6 is 0 Å². The van der Waals surface area contributed by atoms with Crippen LogP contribution in [-0.4, -0.2) is 83.4 Å². The number of fused-ring (bicyclic) bond motifs is 3. The lowest BCUT2D eigenvalue weighted by Crippen LogP contribution is -2.77. The van der Waals surface area contributed by atoms with Gasteiger partial charge in [-0.3, -0.25) is 24.1 Å². The van der Waals surface area contributed by atoms with Crippen molar-refractivity contribution in [3.8, 4) is 17.1 Å². The molecule has 4 aliphatic rings. The second-order valence-corrected chi connectivity index (χ2v) is 16.4. The van der Waals surface area contributed by atoms with Crippen molar-refractivity contribution < 1.29 is 26.8 Å². The highest BCUT2D eigenvalue weighted by Gasteiger charge is 2.58. The summed E-state index contributed by atoms with van der Waals surface area (Å²) in [5.74, 6) is 1.89. The van der Waals surface area contributed by atoms with E-state index in [0.717, 1.165) is 12.1 Å². The highest BCUT2D eigenvalue weighted by molar-refractivity contribution is 5.83. The minimum absolute atomic E-state index is 0.0932. The molecule has 0 radical (unpaired) electrons. The van der Waals surface area contributed by atoms with E-state index < -0.39 is 24.3 Å². The SMILES string of the molecule is CCN(c1ccc2c(=O)n(CCc3ccc(OC)cc3F)c(-c3cccnc3)nc2c1)C(NC1C[C@H]2C[C@H]([C@@H]1C)C2(C)C)[N+]1(CC)CCN[C@@H](C(F)(F)F)C1. The Bertz CT molecular complexity index is 2060. The average molecular weight is 765 g/mol. The summed E-state index contributed by atoms with van der Waals surface area (Å²) in [4.78, 5) is 25.8. The molecular formula is C42H54F4N7O2+. The second kappa shape index (κ2) is 15.1. The number of quaternary nitrogens is 1. The van der Waals surface area contributed by atoms with Crippen LogP contribution in [-0.2, 0) is 13.0 Å². The quantitative estimate of drug-likeness (QED) is 0.0915. The maximum absolute atomic E-state index is 15.0. The standard InChI is InChI=1S/C42H54F4N7O2/c1-7-51(40(50-35-21-29-20-33(26(35)3)41(29,4)5)53(8-2)19-17-48-37(25-53)42(44,45)46)30-12-14-32-36(22-30)49-38(28-10-9-16-47-24-28)52(39(32)54)18-15-27-11-13-31(55-6)23-34(27)43/h9-14,16,22-24,26,29,33,35,37,40,48,50H,7-8,15,17-21,25H2,1-6H3/q+1/t26-,29+,33+,35?,37+,40?,53?/m0/s1. The Balaban J connectivity index is 1.29. The van der Waals surface area contributed by atoms with E-state index in [1.54, 1.807) is 41.2 Å². The lowest BCUT2D eigenvalue weighted by atomic mass is 9.45. The van der Waals surface area contributed by atoms with Crippen LogP contribution in [0.15, 0.2) is 65.7 Å². The molecule has 2 bridgehead atoms. The van der Waals surface area contributed by atoms with Crippen LogP contribution < -0.4 is 25.8 Å². The number of nitrogens with zero attached hydrogens (tertiary/aromatic N) is 5. The number of aromatic nitrogens is 3. The van der Waals surface area contributed by atoms with Crippen LogP contribution in [0, 0.1) is 29.0 Å². The molecule has 0 amide bonds. The Hall–Kier alpha value is -4.07. The first-order chi connectivity index (χ1) is 26.2. The molecule has 8 rings (SSSR count). The lowest BCUT2D eigenvalue weighted by Gasteiger charge is -2.63. The van der Waals surface area contributed by atoms with Gasteiger partial charge in [0.25, 0.3) is 5.56 Å². The maximum Gasteiger partial charge on any atom is 0.409 e. The van der Waals surface area contributed by atoms with E-state index in [1.807, 2.05) is 32.0 Å². The predicted octanol–water partition coefficient (Wildman–Crippen LogP) is 6.99. The molecule has 2 N–H and O–H groups in total. The van der Waals surface area contributed by atoms with E-state index in [2.05, 4.69) is 41.3 Å². The molecule has 9 nitrogen and oxygen atoms in total. The van der Waals surface area contributed by atoms with Crippen molar-refractivity contribution in [1.82, 2.24) is 25.2 Å². The number of hydrogen-bond acceptors (Lipinski definition) is 7.